The molecule has 0 spiro atoms. The number of nitrogens with zero attached hydrogens (tertiary/aromatic N) is 4. The molecule has 0 atom stereocenters. The van der Waals surface area contributed by atoms with Crippen molar-refractivity contribution >= 4 is 17.7 Å². The minimum absolute atomic E-state index is 0.158. The summed E-state index contributed by atoms with van der Waals surface area (Å²) in [6, 6.07) is 2.12. The van der Waals surface area contributed by atoms with Gasteiger partial charge in [0.05, 0.1) is 0 Å². The van der Waals surface area contributed by atoms with Crippen LogP contribution in [0.5, 0.6) is 0 Å². The Kier molecular flexibility index (Phi) is 5.62. The summed E-state index contributed by atoms with van der Waals surface area (Å²) in [7, 11) is 3.98. The van der Waals surface area contributed by atoms with Gasteiger partial charge in [-0.25, -0.2) is 4.98 Å². The van der Waals surface area contributed by atoms with E-state index < -0.39 is 0 Å². The predicted molar refractivity (Wildman–Crippen MR) is 104 cm³/mol. The first kappa shape index (κ1) is 19.1. The van der Waals surface area contributed by atoms with E-state index in [-0.39, 0.29) is 11.9 Å². The van der Waals surface area contributed by atoms with Gasteiger partial charge in [0.25, 0.3) is 5.91 Å². The number of carbonyl (C=O) groups excluding carboxylic acids is 1. The van der Waals surface area contributed by atoms with E-state index >= 15 is 0 Å². The molecule has 2 heterocycles. The van der Waals surface area contributed by atoms with Gasteiger partial charge in [0.1, 0.15) is 11.6 Å². The van der Waals surface area contributed by atoms with Gasteiger partial charge >= 0.3 is 0 Å². The molecule has 2 N–H and O–H groups in total. The van der Waals surface area contributed by atoms with Crippen molar-refractivity contribution in [1.82, 2.24) is 20.4 Å². The Hall–Kier alpha value is -2.64. The van der Waals surface area contributed by atoms with E-state index in [4.69, 9.17) is 4.52 Å². The van der Waals surface area contributed by atoms with Crippen LogP contribution in [0.4, 0.5) is 11.8 Å². The normalized spacial score (nSPS) is 19.6. The highest BCUT2D eigenvalue weighted by Crippen LogP contribution is 2.24. The maximum absolute atomic E-state index is 12.2. The van der Waals surface area contributed by atoms with Crippen molar-refractivity contribution in [2.75, 3.05) is 24.3 Å². The van der Waals surface area contributed by atoms with Crippen LogP contribution in [-0.2, 0) is 0 Å². The van der Waals surface area contributed by atoms with Crippen LogP contribution in [0.2, 0.25) is 0 Å². The van der Waals surface area contributed by atoms with E-state index in [0.29, 0.717) is 23.4 Å². The fraction of sp³-hybridized carbons (Fsp3) is 0.579. The van der Waals surface area contributed by atoms with Gasteiger partial charge in [-0.05, 0) is 46.5 Å². The smallest absolute Gasteiger partial charge is 0.273 e. The molecule has 1 fully saturated rings. The molecule has 146 valence electrons. The van der Waals surface area contributed by atoms with E-state index in [1.165, 1.54) is 0 Å². The van der Waals surface area contributed by atoms with Crippen LogP contribution in [-0.4, -0.2) is 47.2 Å². The Balaban J connectivity index is 1.54. The minimum Gasteiger partial charge on any atom is -0.362 e. The molecule has 8 heteroatoms. The van der Waals surface area contributed by atoms with Crippen LogP contribution in [0, 0.1) is 20.8 Å². The molecular weight excluding hydrogens is 344 g/mol. The lowest BCUT2D eigenvalue weighted by atomic mass is 9.91. The Morgan fingerprint density at radius 3 is 2.37 bits per heavy atom. The monoisotopic (exact) mass is 372 g/mol. The van der Waals surface area contributed by atoms with Gasteiger partial charge in [0, 0.05) is 43.5 Å². The van der Waals surface area contributed by atoms with Crippen LogP contribution >= 0.6 is 0 Å². The summed E-state index contributed by atoms with van der Waals surface area (Å²) in [6.07, 6.45) is 3.73. The molecule has 2 aromatic heterocycles. The third-order valence-corrected chi connectivity index (χ3v) is 5.04. The highest BCUT2D eigenvalue weighted by atomic mass is 16.5. The lowest BCUT2D eigenvalue weighted by Crippen LogP contribution is -2.40. The summed E-state index contributed by atoms with van der Waals surface area (Å²) in [5.41, 5.74) is 2.42. The SMILES string of the molecule is Cc1cc(C(=O)N[C@H]2CC[C@@H](Nc3nc(C)c(C)c(N(C)C)n3)CC2)no1. The number of aromatic nitrogens is 3. The fourth-order valence-electron chi connectivity index (χ4n) is 3.41. The maximum Gasteiger partial charge on any atom is 0.273 e. The molecule has 0 radical (unpaired) electrons. The molecule has 1 aliphatic carbocycles. The number of nitrogens with one attached hydrogen (secondary N) is 2. The summed E-state index contributed by atoms with van der Waals surface area (Å²) in [4.78, 5) is 23.4. The number of carbonyl (C=O) groups is 1. The lowest BCUT2D eigenvalue weighted by Gasteiger charge is -2.29. The molecule has 27 heavy (non-hydrogen) atoms. The quantitative estimate of drug-likeness (QED) is 0.833. The molecule has 1 amide bonds. The van der Waals surface area contributed by atoms with Gasteiger partial charge in [-0.15, -0.1) is 0 Å². The van der Waals surface area contributed by atoms with Crippen molar-refractivity contribution in [3.8, 4) is 0 Å². The summed E-state index contributed by atoms with van der Waals surface area (Å²) in [5, 5.41) is 10.3. The Morgan fingerprint density at radius 1 is 1.11 bits per heavy atom. The highest BCUT2D eigenvalue weighted by Gasteiger charge is 2.24. The number of rotatable bonds is 5. The second-order valence-electron chi connectivity index (χ2n) is 7.46. The Bertz CT molecular complexity index is 809. The van der Waals surface area contributed by atoms with E-state index in [2.05, 4.69) is 25.8 Å². The van der Waals surface area contributed by atoms with E-state index in [9.17, 15) is 4.79 Å². The molecule has 0 bridgehead atoms. The van der Waals surface area contributed by atoms with Crippen molar-refractivity contribution in [3.05, 3.63) is 28.8 Å². The molecule has 1 saturated carbocycles. The summed E-state index contributed by atoms with van der Waals surface area (Å²) in [5.74, 6) is 2.08. The number of amides is 1. The minimum atomic E-state index is -0.170. The predicted octanol–water partition coefficient (Wildman–Crippen LogP) is 2.61. The number of hydrogen-bond donors (Lipinski definition) is 2. The van der Waals surface area contributed by atoms with Crippen LogP contribution in [0.25, 0.3) is 0 Å². The van der Waals surface area contributed by atoms with Gasteiger partial charge < -0.3 is 20.1 Å². The summed E-state index contributed by atoms with van der Waals surface area (Å²) in [6.45, 7) is 5.82. The van der Waals surface area contributed by atoms with Crippen molar-refractivity contribution in [2.24, 2.45) is 0 Å². The number of hydrogen-bond acceptors (Lipinski definition) is 7. The third kappa shape index (κ3) is 4.56. The van der Waals surface area contributed by atoms with E-state index in [1.54, 1.807) is 13.0 Å². The fourth-order valence-corrected chi connectivity index (χ4v) is 3.41. The highest BCUT2D eigenvalue weighted by molar-refractivity contribution is 5.92. The lowest BCUT2D eigenvalue weighted by molar-refractivity contribution is 0.0917. The zero-order valence-electron chi connectivity index (χ0n) is 16.7. The molecule has 1 aliphatic rings. The molecule has 0 unspecified atom stereocenters. The van der Waals surface area contributed by atoms with Crippen molar-refractivity contribution < 1.29 is 9.32 Å². The van der Waals surface area contributed by atoms with Crippen LogP contribution in [0.15, 0.2) is 10.6 Å². The molecule has 0 aromatic carbocycles. The standard InChI is InChI=1S/C19H28N6O2/c1-11-10-16(24-27-11)18(26)21-14-6-8-15(9-7-14)22-19-20-13(3)12(2)17(23-19)25(4)5/h10,14-15H,6-9H2,1-5H3,(H,21,26)(H,20,22,23)/t14-,15+. The molecule has 8 nitrogen and oxygen atoms in total. The molecule has 0 aliphatic heterocycles. The molecule has 3 rings (SSSR count). The largest absolute Gasteiger partial charge is 0.362 e. The molecule has 0 saturated heterocycles. The summed E-state index contributed by atoms with van der Waals surface area (Å²) < 4.78 is 4.96. The van der Waals surface area contributed by atoms with Crippen molar-refractivity contribution in [2.45, 2.75) is 58.5 Å². The molecule has 2 aromatic rings. The Morgan fingerprint density at radius 2 is 1.78 bits per heavy atom. The third-order valence-electron chi connectivity index (χ3n) is 5.04. The Labute approximate surface area is 159 Å². The first-order valence-corrected chi connectivity index (χ1v) is 9.36. The topological polar surface area (TPSA) is 96.2 Å². The summed E-state index contributed by atoms with van der Waals surface area (Å²) >= 11 is 0. The molecular formula is C19H28N6O2. The van der Waals surface area contributed by atoms with Gasteiger partial charge in [-0.3, -0.25) is 4.79 Å². The van der Waals surface area contributed by atoms with Crippen LogP contribution in [0.1, 0.15) is 53.2 Å². The maximum atomic E-state index is 12.2. The number of aryl methyl sites for hydroxylation is 2. The van der Waals surface area contributed by atoms with Crippen LogP contribution in [0.3, 0.4) is 0 Å². The van der Waals surface area contributed by atoms with Crippen molar-refractivity contribution in [3.63, 3.8) is 0 Å². The number of anilines is 2. The first-order valence-electron chi connectivity index (χ1n) is 9.36. The average Bonchev–Trinajstić information content (AvgIpc) is 3.06. The second kappa shape index (κ2) is 7.94. The van der Waals surface area contributed by atoms with Gasteiger partial charge in [0.15, 0.2) is 5.69 Å². The van der Waals surface area contributed by atoms with Crippen LogP contribution < -0.4 is 15.5 Å². The van der Waals surface area contributed by atoms with Gasteiger partial charge in [0.2, 0.25) is 5.95 Å². The average molecular weight is 372 g/mol. The zero-order chi connectivity index (χ0) is 19.6. The second-order valence-corrected chi connectivity index (χ2v) is 7.46. The van der Waals surface area contributed by atoms with E-state index in [1.807, 2.05) is 32.8 Å². The first-order chi connectivity index (χ1) is 12.8. The zero-order valence-corrected chi connectivity index (χ0v) is 16.7. The van der Waals surface area contributed by atoms with Crippen molar-refractivity contribution in [1.29, 1.82) is 0 Å². The van der Waals surface area contributed by atoms with Gasteiger partial charge in [-0.1, -0.05) is 5.16 Å². The van der Waals surface area contributed by atoms with Gasteiger partial charge in [-0.2, -0.15) is 4.98 Å². The van der Waals surface area contributed by atoms with E-state index in [0.717, 1.165) is 42.8 Å².